The van der Waals surface area contributed by atoms with E-state index in [2.05, 4.69) is 37.4 Å². The number of thiophene rings is 1. The zero-order valence-corrected chi connectivity index (χ0v) is 19.5. The predicted molar refractivity (Wildman–Crippen MR) is 124 cm³/mol. The van der Waals surface area contributed by atoms with Crippen molar-refractivity contribution in [2.75, 3.05) is 19.7 Å². The van der Waals surface area contributed by atoms with Gasteiger partial charge in [-0.1, -0.05) is 32.9 Å². The lowest BCUT2D eigenvalue weighted by molar-refractivity contribution is -0.143. The van der Waals surface area contributed by atoms with Gasteiger partial charge in [0, 0.05) is 23.9 Å². The van der Waals surface area contributed by atoms with Crippen molar-refractivity contribution >= 4 is 23.2 Å². The first-order valence-corrected chi connectivity index (χ1v) is 12.2. The number of benzene rings is 1. The number of ether oxygens (including phenoxy) is 1. The predicted octanol–water partition coefficient (Wildman–Crippen LogP) is 4.78. The summed E-state index contributed by atoms with van der Waals surface area (Å²) < 4.78 is 6.15. The lowest BCUT2D eigenvalue weighted by Crippen LogP contribution is -2.48. The third kappa shape index (κ3) is 4.95. The fraction of sp³-hybridized carbons (Fsp3) is 0.520. The molecule has 2 aliphatic rings. The third-order valence-electron chi connectivity index (χ3n) is 6.29. The number of carbonyl (C=O) groups is 2. The van der Waals surface area contributed by atoms with E-state index in [1.807, 2.05) is 24.0 Å². The minimum atomic E-state index is -0.120. The summed E-state index contributed by atoms with van der Waals surface area (Å²) in [5.41, 5.74) is 2.46. The number of carbonyl (C=O) groups excluding carboxylic acids is 2. The van der Waals surface area contributed by atoms with E-state index in [0.717, 1.165) is 25.0 Å². The molecule has 4 rings (SSSR count). The first-order valence-electron chi connectivity index (χ1n) is 11.4. The van der Waals surface area contributed by atoms with Crippen LogP contribution in [0.1, 0.15) is 68.0 Å². The first kappa shape index (κ1) is 21.9. The summed E-state index contributed by atoms with van der Waals surface area (Å²) in [6, 6.07) is 10.5. The van der Waals surface area contributed by atoms with Gasteiger partial charge in [0.1, 0.15) is 18.9 Å². The molecule has 166 valence electrons. The maximum atomic E-state index is 13.3. The molecular formula is C25H32N2O3S. The van der Waals surface area contributed by atoms with E-state index in [-0.39, 0.29) is 30.4 Å². The molecule has 1 aromatic carbocycles. The smallest absolute Gasteiger partial charge is 0.242 e. The molecule has 31 heavy (non-hydrogen) atoms. The van der Waals surface area contributed by atoms with Gasteiger partial charge in [0.25, 0.3) is 0 Å². The van der Waals surface area contributed by atoms with Gasteiger partial charge in [0.05, 0.1) is 6.04 Å². The molecule has 0 spiro atoms. The molecule has 1 aromatic heterocycles. The van der Waals surface area contributed by atoms with Gasteiger partial charge in [-0.15, -0.1) is 11.3 Å². The Kier molecular flexibility index (Phi) is 6.65. The van der Waals surface area contributed by atoms with Crippen LogP contribution in [0.4, 0.5) is 0 Å². The monoisotopic (exact) mass is 440 g/mol. The van der Waals surface area contributed by atoms with Gasteiger partial charge in [-0.25, -0.2) is 0 Å². The van der Waals surface area contributed by atoms with Gasteiger partial charge in [-0.2, -0.15) is 0 Å². The zero-order valence-electron chi connectivity index (χ0n) is 18.7. The normalized spacial score (nSPS) is 18.1. The zero-order chi connectivity index (χ0) is 22.0. The number of amides is 2. The Morgan fingerprint density at radius 3 is 2.58 bits per heavy atom. The molecule has 5 nitrogen and oxygen atoms in total. The van der Waals surface area contributed by atoms with Crippen molar-refractivity contribution in [3.05, 3.63) is 51.7 Å². The van der Waals surface area contributed by atoms with Crippen LogP contribution in [-0.2, 0) is 16.0 Å². The molecule has 1 aliphatic carbocycles. The van der Waals surface area contributed by atoms with Crippen molar-refractivity contribution in [3.8, 4) is 5.75 Å². The fourth-order valence-corrected chi connectivity index (χ4v) is 5.17. The minimum absolute atomic E-state index is 0.0225. The lowest BCUT2D eigenvalue weighted by atomic mass is 10.00. The van der Waals surface area contributed by atoms with Gasteiger partial charge in [-0.3, -0.25) is 9.59 Å². The first-order chi connectivity index (χ1) is 15.0. The van der Waals surface area contributed by atoms with Crippen molar-refractivity contribution in [1.29, 1.82) is 0 Å². The van der Waals surface area contributed by atoms with E-state index in [4.69, 9.17) is 4.74 Å². The molecule has 0 unspecified atom stereocenters. The summed E-state index contributed by atoms with van der Waals surface area (Å²) in [7, 11) is 0. The van der Waals surface area contributed by atoms with E-state index in [1.165, 1.54) is 16.0 Å². The summed E-state index contributed by atoms with van der Waals surface area (Å²) in [5.74, 6) is 1.39. The molecule has 2 amide bonds. The molecule has 2 heterocycles. The van der Waals surface area contributed by atoms with Crippen molar-refractivity contribution in [2.24, 2.45) is 0 Å². The molecular weight excluding hydrogens is 408 g/mol. The van der Waals surface area contributed by atoms with E-state index < -0.39 is 0 Å². The molecule has 1 atom stereocenters. The minimum Gasteiger partial charge on any atom is -0.491 e. The molecule has 1 aliphatic heterocycles. The maximum Gasteiger partial charge on any atom is 0.242 e. The number of hydrogen-bond acceptors (Lipinski definition) is 4. The maximum absolute atomic E-state index is 13.3. The Hall–Kier alpha value is -2.34. The van der Waals surface area contributed by atoms with E-state index >= 15 is 0 Å². The van der Waals surface area contributed by atoms with Crippen LogP contribution in [0.2, 0.25) is 0 Å². The SMILES string of the molecule is CCC(=O)N(CC(=O)N1CCc2sccc2[C@H]1COc1ccc(C(C)C)cc1)C1CC1. The van der Waals surface area contributed by atoms with Gasteiger partial charge in [-0.05, 0) is 59.9 Å². The van der Waals surface area contributed by atoms with Crippen molar-refractivity contribution in [2.45, 2.75) is 64.5 Å². The van der Waals surface area contributed by atoms with Crippen LogP contribution in [0.15, 0.2) is 35.7 Å². The standard InChI is InChI=1S/C25H32N2O3S/c1-4-24(28)27(19-7-8-19)15-25(29)26-13-11-23-21(12-14-31-23)22(26)16-30-20-9-5-18(6-10-20)17(2)3/h5-6,9-10,12,14,17,19,22H,4,7-8,11,13,15-16H2,1-3H3/t22-/m1/s1. The van der Waals surface area contributed by atoms with Crippen LogP contribution in [0.3, 0.4) is 0 Å². The van der Waals surface area contributed by atoms with E-state index in [9.17, 15) is 9.59 Å². The molecule has 0 bridgehead atoms. The summed E-state index contributed by atoms with van der Waals surface area (Å²) in [4.78, 5) is 30.7. The van der Waals surface area contributed by atoms with E-state index in [1.54, 1.807) is 16.2 Å². The number of nitrogens with zero attached hydrogens (tertiary/aromatic N) is 2. The lowest BCUT2D eigenvalue weighted by Gasteiger charge is -2.37. The largest absolute Gasteiger partial charge is 0.491 e. The Morgan fingerprint density at radius 1 is 1.19 bits per heavy atom. The van der Waals surface area contributed by atoms with Gasteiger partial charge in [0.2, 0.25) is 11.8 Å². The van der Waals surface area contributed by atoms with Gasteiger partial charge >= 0.3 is 0 Å². The Balaban J connectivity index is 1.48. The van der Waals surface area contributed by atoms with Crippen molar-refractivity contribution < 1.29 is 14.3 Å². The Labute approximate surface area is 189 Å². The van der Waals surface area contributed by atoms with Crippen LogP contribution < -0.4 is 4.74 Å². The molecule has 6 heteroatoms. The molecule has 0 saturated heterocycles. The fourth-order valence-electron chi connectivity index (χ4n) is 4.25. The second kappa shape index (κ2) is 9.43. The topological polar surface area (TPSA) is 49.9 Å². The molecule has 1 saturated carbocycles. The molecule has 0 radical (unpaired) electrons. The van der Waals surface area contributed by atoms with Gasteiger partial charge in [0.15, 0.2) is 0 Å². The highest BCUT2D eigenvalue weighted by Crippen LogP contribution is 2.35. The van der Waals surface area contributed by atoms with Crippen molar-refractivity contribution in [3.63, 3.8) is 0 Å². The highest BCUT2D eigenvalue weighted by Gasteiger charge is 2.37. The average Bonchev–Trinajstić information content (AvgIpc) is 3.51. The van der Waals surface area contributed by atoms with Crippen LogP contribution >= 0.6 is 11.3 Å². The molecule has 0 N–H and O–H groups in total. The summed E-state index contributed by atoms with van der Waals surface area (Å²) in [5, 5.41) is 2.10. The van der Waals surface area contributed by atoms with Crippen molar-refractivity contribution in [1.82, 2.24) is 9.80 Å². The van der Waals surface area contributed by atoms with Crippen LogP contribution in [0.5, 0.6) is 5.75 Å². The van der Waals surface area contributed by atoms with Gasteiger partial charge < -0.3 is 14.5 Å². The molecule has 2 aromatic rings. The highest BCUT2D eigenvalue weighted by atomic mass is 32.1. The second-order valence-corrected chi connectivity index (χ2v) is 9.79. The Morgan fingerprint density at radius 2 is 1.94 bits per heavy atom. The number of fused-ring (bicyclic) bond motifs is 1. The van der Waals surface area contributed by atoms with E-state index in [0.29, 0.717) is 25.5 Å². The van der Waals surface area contributed by atoms with Crippen LogP contribution in [-0.4, -0.2) is 47.4 Å². The highest BCUT2D eigenvalue weighted by molar-refractivity contribution is 7.10. The summed E-state index contributed by atoms with van der Waals surface area (Å²) in [6.07, 6.45) is 3.32. The second-order valence-electron chi connectivity index (χ2n) is 8.79. The summed E-state index contributed by atoms with van der Waals surface area (Å²) in [6.45, 7) is 7.48. The average molecular weight is 441 g/mol. The third-order valence-corrected chi connectivity index (χ3v) is 7.28. The number of hydrogen-bond donors (Lipinski definition) is 0. The van der Waals surface area contributed by atoms with Crippen LogP contribution in [0.25, 0.3) is 0 Å². The number of rotatable bonds is 8. The molecule has 1 fully saturated rings. The Bertz CT molecular complexity index is 917. The quantitative estimate of drug-likeness (QED) is 0.594. The summed E-state index contributed by atoms with van der Waals surface area (Å²) >= 11 is 1.75. The van der Waals surface area contributed by atoms with Crippen LogP contribution in [0, 0.1) is 0 Å².